The lowest BCUT2D eigenvalue weighted by molar-refractivity contribution is -0.143. The molecule has 0 radical (unpaired) electrons. The number of hydrogen-bond donors (Lipinski definition) is 0. The molecule has 2 rings (SSSR count). The first-order chi connectivity index (χ1) is 8.38. The number of ether oxygens (including phenoxy) is 2. The smallest absolute Gasteiger partial charge is 0.423 e. The molecular formula is C9H9F3N2O3S. The first kappa shape index (κ1) is 13.2. The SMILES string of the molecule is CS(=O)c1ncc(C(F)(F)F)c(OC2COC2)n1. The maximum absolute atomic E-state index is 12.7. The van der Waals surface area contributed by atoms with Crippen molar-refractivity contribution in [2.75, 3.05) is 19.5 Å². The lowest BCUT2D eigenvalue weighted by Crippen LogP contribution is -2.39. The molecule has 1 fully saturated rings. The molecule has 1 aliphatic rings. The van der Waals surface area contributed by atoms with Gasteiger partial charge in [-0.05, 0) is 0 Å². The lowest BCUT2D eigenvalue weighted by atomic mass is 10.3. The van der Waals surface area contributed by atoms with E-state index >= 15 is 0 Å². The maximum Gasteiger partial charge on any atom is 0.423 e. The summed E-state index contributed by atoms with van der Waals surface area (Å²) in [6.07, 6.45) is -3.22. The van der Waals surface area contributed by atoms with Crippen molar-refractivity contribution in [3.63, 3.8) is 0 Å². The average Bonchev–Trinajstić information content (AvgIpc) is 2.21. The summed E-state index contributed by atoms with van der Waals surface area (Å²) in [6.45, 7) is 0.428. The van der Waals surface area contributed by atoms with Gasteiger partial charge in [0.15, 0.2) is 0 Å². The molecule has 0 spiro atoms. The second-order valence-corrected chi connectivity index (χ2v) is 4.87. The summed E-state index contributed by atoms with van der Waals surface area (Å²) in [6, 6.07) is 0. The third-order valence-corrected chi connectivity index (χ3v) is 2.89. The van der Waals surface area contributed by atoms with Crippen molar-refractivity contribution < 1.29 is 26.9 Å². The summed E-state index contributed by atoms with van der Waals surface area (Å²) in [4.78, 5) is 6.97. The summed E-state index contributed by atoms with van der Waals surface area (Å²) in [5, 5.41) is -0.196. The summed E-state index contributed by atoms with van der Waals surface area (Å²) in [5.41, 5.74) is -1.08. The van der Waals surface area contributed by atoms with Crippen molar-refractivity contribution >= 4 is 10.8 Å². The van der Waals surface area contributed by atoms with Gasteiger partial charge in [-0.25, -0.2) is 4.98 Å². The Hall–Kier alpha value is -1.22. The number of rotatable bonds is 3. The highest BCUT2D eigenvalue weighted by Crippen LogP contribution is 2.35. The van der Waals surface area contributed by atoms with Crippen LogP contribution in [0.25, 0.3) is 0 Å². The highest BCUT2D eigenvalue weighted by Gasteiger charge is 2.37. The first-order valence-electron chi connectivity index (χ1n) is 4.90. The predicted octanol–water partition coefficient (Wildman–Crippen LogP) is 1.01. The molecule has 2 heterocycles. The van der Waals surface area contributed by atoms with E-state index in [9.17, 15) is 17.4 Å². The standard InChI is InChI=1S/C9H9F3N2O3S/c1-18(15)8-13-2-6(9(10,11)12)7(14-8)17-5-3-16-4-5/h2,5H,3-4H2,1H3. The van der Waals surface area contributed by atoms with Crippen molar-refractivity contribution in [1.82, 2.24) is 9.97 Å². The minimum Gasteiger partial charge on any atom is -0.469 e. The molecule has 1 unspecified atom stereocenters. The van der Waals surface area contributed by atoms with E-state index in [1.165, 1.54) is 6.26 Å². The second kappa shape index (κ2) is 4.81. The largest absolute Gasteiger partial charge is 0.469 e. The molecule has 1 saturated heterocycles. The molecule has 0 N–H and O–H groups in total. The Balaban J connectivity index is 2.35. The predicted molar refractivity (Wildman–Crippen MR) is 54.6 cm³/mol. The molecule has 0 aliphatic carbocycles. The van der Waals surface area contributed by atoms with E-state index in [0.29, 0.717) is 6.20 Å². The van der Waals surface area contributed by atoms with E-state index < -0.39 is 34.5 Å². The molecule has 18 heavy (non-hydrogen) atoms. The van der Waals surface area contributed by atoms with Gasteiger partial charge in [-0.1, -0.05) is 0 Å². The zero-order valence-electron chi connectivity index (χ0n) is 9.23. The Morgan fingerprint density at radius 3 is 2.61 bits per heavy atom. The van der Waals surface area contributed by atoms with E-state index in [-0.39, 0.29) is 18.4 Å². The molecule has 1 aliphatic heterocycles. The Morgan fingerprint density at radius 2 is 2.17 bits per heavy atom. The molecule has 5 nitrogen and oxygen atoms in total. The zero-order chi connectivity index (χ0) is 13.3. The van der Waals surface area contributed by atoms with Gasteiger partial charge in [0.1, 0.15) is 11.7 Å². The number of hydrogen-bond acceptors (Lipinski definition) is 5. The van der Waals surface area contributed by atoms with Crippen LogP contribution in [-0.2, 0) is 21.7 Å². The first-order valence-corrected chi connectivity index (χ1v) is 6.46. The van der Waals surface area contributed by atoms with Crippen LogP contribution in [0, 0.1) is 0 Å². The molecule has 0 saturated carbocycles. The van der Waals surface area contributed by atoms with Crippen LogP contribution in [0.15, 0.2) is 11.4 Å². The molecule has 0 aromatic carbocycles. The quantitative estimate of drug-likeness (QED) is 0.774. The van der Waals surface area contributed by atoms with Crippen molar-refractivity contribution in [1.29, 1.82) is 0 Å². The van der Waals surface area contributed by atoms with Crippen LogP contribution in [0.4, 0.5) is 13.2 Å². The van der Waals surface area contributed by atoms with Gasteiger partial charge in [0.05, 0.1) is 24.0 Å². The van der Waals surface area contributed by atoms with Gasteiger partial charge in [-0.2, -0.15) is 18.2 Å². The van der Waals surface area contributed by atoms with Gasteiger partial charge in [0, 0.05) is 12.5 Å². The molecule has 0 bridgehead atoms. The Kier molecular flexibility index (Phi) is 3.53. The van der Waals surface area contributed by atoms with Gasteiger partial charge in [-0.15, -0.1) is 0 Å². The fourth-order valence-electron chi connectivity index (χ4n) is 1.21. The number of halogens is 3. The highest BCUT2D eigenvalue weighted by atomic mass is 32.2. The van der Waals surface area contributed by atoms with Crippen LogP contribution >= 0.6 is 0 Å². The number of aromatic nitrogens is 2. The Bertz CT molecular complexity index is 477. The monoisotopic (exact) mass is 282 g/mol. The maximum atomic E-state index is 12.7. The van der Waals surface area contributed by atoms with Gasteiger partial charge < -0.3 is 9.47 Å². The fourth-order valence-corrected chi connectivity index (χ4v) is 1.63. The van der Waals surface area contributed by atoms with Crippen molar-refractivity contribution in [3.05, 3.63) is 11.8 Å². The van der Waals surface area contributed by atoms with Crippen LogP contribution in [0.1, 0.15) is 5.56 Å². The number of alkyl halides is 3. The van der Waals surface area contributed by atoms with Crippen LogP contribution in [-0.4, -0.2) is 39.8 Å². The molecule has 1 aromatic rings. The van der Waals surface area contributed by atoms with E-state index in [2.05, 4.69) is 9.97 Å². The van der Waals surface area contributed by atoms with Gasteiger partial charge in [0.25, 0.3) is 0 Å². The van der Waals surface area contributed by atoms with Gasteiger partial charge in [0.2, 0.25) is 11.0 Å². The molecule has 9 heteroatoms. The molecule has 100 valence electrons. The summed E-state index contributed by atoms with van der Waals surface area (Å²) < 4.78 is 59.1. The van der Waals surface area contributed by atoms with E-state index in [0.717, 1.165) is 0 Å². The van der Waals surface area contributed by atoms with Crippen molar-refractivity contribution in [3.8, 4) is 5.88 Å². The van der Waals surface area contributed by atoms with Crippen LogP contribution in [0.5, 0.6) is 5.88 Å². The lowest BCUT2D eigenvalue weighted by Gasteiger charge is -2.27. The van der Waals surface area contributed by atoms with E-state index in [1.807, 2.05) is 0 Å². The Labute approximate surface area is 103 Å². The Morgan fingerprint density at radius 1 is 1.50 bits per heavy atom. The van der Waals surface area contributed by atoms with Gasteiger partial charge >= 0.3 is 6.18 Å². The topological polar surface area (TPSA) is 61.3 Å². The van der Waals surface area contributed by atoms with Crippen molar-refractivity contribution in [2.45, 2.75) is 17.4 Å². The van der Waals surface area contributed by atoms with Crippen LogP contribution in [0.2, 0.25) is 0 Å². The molecular weight excluding hydrogens is 273 g/mol. The van der Waals surface area contributed by atoms with Crippen LogP contribution in [0.3, 0.4) is 0 Å². The van der Waals surface area contributed by atoms with E-state index in [1.54, 1.807) is 0 Å². The number of nitrogens with zero attached hydrogens (tertiary/aromatic N) is 2. The highest BCUT2D eigenvalue weighted by molar-refractivity contribution is 7.84. The van der Waals surface area contributed by atoms with Gasteiger partial charge in [-0.3, -0.25) is 4.21 Å². The molecule has 1 aromatic heterocycles. The minimum atomic E-state index is -4.62. The molecule has 1 atom stereocenters. The normalized spacial score (nSPS) is 18.2. The second-order valence-electron chi connectivity index (χ2n) is 3.60. The third-order valence-electron chi connectivity index (χ3n) is 2.18. The summed E-state index contributed by atoms with van der Waals surface area (Å²) in [7, 11) is -1.57. The third kappa shape index (κ3) is 2.78. The van der Waals surface area contributed by atoms with Crippen LogP contribution < -0.4 is 4.74 Å². The van der Waals surface area contributed by atoms with Crippen molar-refractivity contribution in [2.24, 2.45) is 0 Å². The zero-order valence-corrected chi connectivity index (χ0v) is 10.0. The average molecular weight is 282 g/mol. The summed E-state index contributed by atoms with van der Waals surface area (Å²) >= 11 is 0. The minimum absolute atomic E-state index is 0.196. The fraction of sp³-hybridized carbons (Fsp3) is 0.556. The molecule has 0 amide bonds. The summed E-state index contributed by atoms with van der Waals surface area (Å²) in [5.74, 6) is -0.601. The van der Waals surface area contributed by atoms with E-state index in [4.69, 9.17) is 9.47 Å².